The highest BCUT2D eigenvalue weighted by Crippen LogP contribution is 2.19. The number of nitrogens with one attached hydrogen (secondary N) is 1. The molecule has 0 rings (SSSR count). The average molecular weight is 1020 g/mol. The maximum Gasteiger partial charge on any atom is 0.305 e. The predicted octanol–water partition coefficient (Wildman–Crippen LogP) is 21.0. The number of esters is 1. The van der Waals surface area contributed by atoms with Crippen LogP contribution < -0.4 is 5.32 Å². The summed E-state index contributed by atoms with van der Waals surface area (Å²) in [5.41, 5.74) is 0. The Morgan fingerprint density at radius 2 is 0.569 bits per heavy atom. The lowest BCUT2D eigenvalue weighted by molar-refractivity contribution is -0.143. The molecular weight excluding hydrogens is 887 g/mol. The minimum absolute atomic E-state index is 0.0220. The fourth-order valence-electron chi connectivity index (χ4n) is 10.8. The molecule has 0 saturated carbocycles. The first kappa shape index (κ1) is 70.9. The summed E-state index contributed by atoms with van der Waals surface area (Å²) in [6, 6.07) is -0.537. The van der Waals surface area contributed by atoms with Crippen molar-refractivity contribution < 1.29 is 24.5 Å². The van der Waals surface area contributed by atoms with Gasteiger partial charge >= 0.3 is 5.97 Å². The van der Waals surface area contributed by atoms with Crippen LogP contribution in [-0.2, 0) is 14.3 Å². The molecule has 72 heavy (non-hydrogen) atoms. The summed E-state index contributed by atoms with van der Waals surface area (Å²) in [5.74, 6) is -0.00764. The molecule has 0 aliphatic heterocycles. The molecule has 6 nitrogen and oxygen atoms in total. The number of carbonyl (C=O) groups excluding carboxylic acids is 2. The number of amides is 1. The highest BCUT2D eigenvalue weighted by molar-refractivity contribution is 5.76. The van der Waals surface area contributed by atoms with E-state index in [1.807, 2.05) is 0 Å². The minimum Gasteiger partial charge on any atom is -0.466 e. The van der Waals surface area contributed by atoms with Gasteiger partial charge in [-0.25, -0.2) is 0 Å². The normalized spacial score (nSPS) is 12.4. The summed E-state index contributed by atoms with van der Waals surface area (Å²) >= 11 is 0. The first-order valence-electron chi connectivity index (χ1n) is 33.3. The van der Waals surface area contributed by atoms with E-state index in [0.717, 1.165) is 38.5 Å². The molecule has 0 saturated heterocycles. The third kappa shape index (κ3) is 58.1. The smallest absolute Gasteiger partial charge is 0.305 e. The van der Waals surface area contributed by atoms with Crippen molar-refractivity contribution >= 4 is 11.9 Å². The summed E-state index contributed by atoms with van der Waals surface area (Å²) in [7, 11) is 0. The summed E-state index contributed by atoms with van der Waals surface area (Å²) in [6.45, 7) is 4.99. The molecule has 2 atom stereocenters. The zero-order valence-electron chi connectivity index (χ0n) is 49.2. The van der Waals surface area contributed by atoms with E-state index in [0.29, 0.717) is 25.9 Å². The Kier molecular flexibility index (Phi) is 61.4. The molecule has 0 aromatic carbocycles. The number of unbranched alkanes of at least 4 members (excludes halogenated alkanes) is 52. The van der Waals surface area contributed by atoms with Gasteiger partial charge in [0.25, 0.3) is 0 Å². The molecule has 0 heterocycles. The summed E-state index contributed by atoms with van der Waals surface area (Å²) in [6.07, 6.45) is 74.2. The molecule has 0 radical (unpaired) electrons. The van der Waals surface area contributed by atoms with Crippen molar-refractivity contribution in [2.75, 3.05) is 13.2 Å². The van der Waals surface area contributed by atoms with Gasteiger partial charge in [0.05, 0.1) is 25.4 Å². The molecular formula is C66H131NO5. The van der Waals surface area contributed by atoms with Crippen LogP contribution in [0.4, 0.5) is 0 Å². The number of aliphatic hydroxyl groups is 2. The second-order valence-corrected chi connectivity index (χ2v) is 23.2. The van der Waals surface area contributed by atoms with Crippen LogP contribution in [0.15, 0.2) is 0 Å². The van der Waals surface area contributed by atoms with Gasteiger partial charge in [0, 0.05) is 12.8 Å². The molecule has 430 valence electrons. The van der Waals surface area contributed by atoms with Crippen molar-refractivity contribution in [1.29, 1.82) is 0 Å². The standard InChI is InChI=1S/C66H131NO5/c1-3-5-7-9-11-13-15-17-31-36-40-44-48-52-56-60-66(71)72-61-57-53-49-45-41-37-33-30-28-26-24-22-20-18-19-21-23-25-27-29-32-35-39-43-47-51-55-59-65(70)67-63(62-68)64(69)58-54-50-46-42-38-34-16-14-12-10-8-6-4-2/h63-64,68-69H,3-62H2,1-2H3,(H,67,70). The summed E-state index contributed by atoms with van der Waals surface area (Å²) in [5, 5.41) is 23.3. The SMILES string of the molecule is CCCCCCCCCCCCCCCCCC(=O)OCCCCCCCCCCCCCCCCCCCCCCCCCCCCCC(=O)NC(CO)C(O)CCCCCCCCCCCCCCC. The van der Waals surface area contributed by atoms with Gasteiger partial charge in [0.2, 0.25) is 5.91 Å². The molecule has 3 N–H and O–H groups in total. The maximum absolute atomic E-state index is 12.5. The lowest BCUT2D eigenvalue weighted by atomic mass is 10.0. The molecule has 0 aliphatic carbocycles. The van der Waals surface area contributed by atoms with Crippen LogP contribution >= 0.6 is 0 Å². The van der Waals surface area contributed by atoms with Gasteiger partial charge in [-0.3, -0.25) is 9.59 Å². The first-order valence-corrected chi connectivity index (χ1v) is 33.3. The number of ether oxygens (including phenoxy) is 1. The van der Waals surface area contributed by atoms with E-state index in [9.17, 15) is 19.8 Å². The van der Waals surface area contributed by atoms with Crippen LogP contribution in [-0.4, -0.2) is 47.4 Å². The fraction of sp³-hybridized carbons (Fsp3) is 0.970. The van der Waals surface area contributed by atoms with Crippen molar-refractivity contribution in [3.8, 4) is 0 Å². The van der Waals surface area contributed by atoms with Gasteiger partial charge < -0.3 is 20.3 Å². The van der Waals surface area contributed by atoms with Gasteiger partial charge in [-0.15, -0.1) is 0 Å². The van der Waals surface area contributed by atoms with Gasteiger partial charge in [-0.05, 0) is 25.7 Å². The van der Waals surface area contributed by atoms with E-state index in [2.05, 4.69) is 19.2 Å². The molecule has 0 fully saturated rings. The zero-order valence-corrected chi connectivity index (χ0v) is 49.2. The maximum atomic E-state index is 12.5. The van der Waals surface area contributed by atoms with E-state index in [1.165, 1.54) is 315 Å². The number of hydrogen-bond acceptors (Lipinski definition) is 5. The number of rotatable bonds is 63. The van der Waals surface area contributed by atoms with Crippen molar-refractivity contribution in [2.45, 2.75) is 398 Å². The first-order chi connectivity index (χ1) is 35.5. The second-order valence-electron chi connectivity index (χ2n) is 23.2. The van der Waals surface area contributed by atoms with E-state index in [1.54, 1.807) is 0 Å². The van der Waals surface area contributed by atoms with Gasteiger partial charge in [0.1, 0.15) is 0 Å². The van der Waals surface area contributed by atoms with Crippen LogP contribution in [0.5, 0.6) is 0 Å². The molecule has 2 unspecified atom stereocenters. The fourth-order valence-corrected chi connectivity index (χ4v) is 10.8. The van der Waals surface area contributed by atoms with Gasteiger partial charge in [-0.1, -0.05) is 348 Å². The predicted molar refractivity (Wildman–Crippen MR) is 315 cm³/mol. The highest BCUT2D eigenvalue weighted by atomic mass is 16.5. The zero-order chi connectivity index (χ0) is 52.2. The van der Waals surface area contributed by atoms with E-state index in [-0.39, 0.29) is 18.5 Å². The Hall–Kier alpha value is -1.14. The lowest BCUT2D eigenvalue weighted by Crippen LogP contribution is -2.45. The Morgan fingerprint density at radius 3 is 0.847 bits per heavy atom. The van der Waals surface area contributed by atoms with E-state index >= 15 is 0 Å². The molecule has 6 heteroatoms. The van der Waals surface area contributed by atoms with Crippen LogP contribution in [0.1, 0.15) is 386 Å². The average Bonchev–Trinajstić information content (AvgIpc) is 3.38. The van der Waals surface area contributed by atoms with Gasteiger partial charge in [-0.2, -0.15) is 0 Å². The highest BCUT2D eigenvalue weighted by Gasteiger charge is 2.20. The third-order valence-corrected chi connectivity index (χ3v) is 15.9. The van der Waals surface area contributed by atoms with E-state index in [4.69, 9.17) is 4.74 Å². The second kappa shape index (κ2) is 62.4. The topological polar surface area (TPSA) is 95.9 Å². The van der Waals surface area contributed by atoms with Crippen molar-refractivity contribution in [1.82, 2.24) is 5.32 Å². The van der Waals surface area contributed by atoms with Crippen LogP contribution in [0.3, 0.4) is 0 Å². The van der Waals surface area contributed by atoms with Crippen molar-refractivity contribution in [3.05, 3.63) is 0 Å². The molecule has 0 aromatic heterocycles. The van der Waals surface area contributed by atoms with Crippen molar-refractivity contribution in [3.63, 3.8) is 0 Å². The Morgan fingerprint density at radius 1 is 0.333 bits per heavy atom. The molecule has 0 bridgehead atoms. The quantitative estimate of drug-likeness (QED) is 0.0417. The minimum atomic E-state index is -0.660. The van der Waals surface area contributed by atoms with Crippen LogP contribution in [0, 0.1) is 0 Å². The summed E-state index contributed by atoms with van der Waals surface area (Å²) in [4.78, 5) is 24.5. The van der Waals surface area contributed by atoms with Crippen LogP contribution in [0.25, 0.3) is 0 Å². The Bertz CT molecular complexity index is 1040. The Balaban J connectivity index is 3.31. The largest absolute Gasteiger partial charge is 0.466 e. The van der Waals surface area contributed by atoms with E-state index < -0.39 is 12.1 Å². The lowest BCUT2D eigenvalue weighted by Gasteiger charge is -2.22. The molecule has 1 amide bonds. The van der Waals surface area contributed by atoms with Gasteiger partial charge in [0.15, 0.2) is 0 Å². The number of carbonyl (C=O) groups is 2. The molecule has 0 aromatic rings. The number of aliphatic hydroxyl groups excluding tert-OH is 2. The van der Waals surface area contributed by atoms with Crippen LogP contribution in [0.2, 0.25) is 0 Å². The number of hydrogen-bond donors (Lipinski definition) is 3. The van der Waals surface area contributed by atoms with Crippen molar-refractivity contribution in [2.24, 2.45) is 0 Å². The Labute approximate surface area is 451 Å². The molecule has 0 aliphatic rings. The monoisotopic (exact) mass is 1020 g/mol. The third-order valence-electron chi connectivity index (χ3n) is 15.9. The summed E-state index contributed by atoms with van der Waals surface area (Å²) < 4.78 is 5.50. The molecule has 0 spiro atoms.